The number of azo groups is 1. The molecule has 0 saturated heterocycles. The summed E-state index contributed by atoms with van der Waals surface area (Å²) in [5, 5.41) is 22.2. The van der Waals surface area contributed by atoms with Crippen molar-refractivity contribution in [3.8, 4) is 5.75 Å². The third-order valence-electron chi connectivity index (χ3n) is 4.03. The summed E-state index contributed by atoms with van der Waals surface area (Å²) >= 11 is 0. The molecule has 0 aliphatic heterocycles. The predicted molar refractivity (Wildman–Crippen MR) is 130 cm³/mol. The monoisotopic (exact) mass is 574 g/mol. The number of amides is 1. The fraction of sp³-hybridized carbons (Fsp3) is 0.105. The van der Waals surface area contributed by atoms with E-state index in [0.717, 1.165) is 5.39 Å². The summed E-state index contributed by atoms with van der Waals surface area (Å²) in [6.07, 6.45) is -0.357. The van der Waals surface area contributed by atoms with Crippen LogP contribution in [-0.4, -0.2) is 55.0 Å². The number of phenolic OH excluding ortho intramolecular Hbond substituents is 1. The van der Waals surface area contributed by atoms with Gasteiger partial charge >= 0.3 is 21.2 Å². The minimum atomic E-state index is -4.19. The minimum absolute atomic E-state index is 0.0479. The molecule has 3 aromatic rings. The van der Waals surface area contributed by atoms with Crippen LogP contribution in [-0.2, 0) is 36.1 Å². The molecule has 0 heterocycles. The van der Waals surface area contributed by atoms with Crippen molar-refractivity contribution in [3.63, 3.8) is 0 Å². The highest BCUT2D eigenvalue weighted by Gasteiger charge is 2.10. The number of nitrogens with one attached hydrogen (secondary N) is 1. The Hall–Kier alpha value is -4.26. The molecule has 0 unspecified atom stereocenters. The molecule has 0 saturated carbocycles. The highest BCUT2D eigenvalue weighted by molar-refractivity contribution is 7.85. The summed E-state index contributed by atoms with van der Waals surface area (Å²) < 4.78 is 80.7. The Morgan fingerprint density at radius 2 is 1.46 bits per heavy atom. The number of aromatic hydroxyl groups is 1. The van der Waals surface area contributed by atoms with E-state index in [9.17, 15) is 18.3 Å². The molecular formula is C19H18N4O11S3. The number of benzene rings is 3. The average molecular weight is 575 g/mol. The zero-order chi connectivity index (χ0) is 28.2. The lowest BCUT2D eigenvalue weighted by molar-refractivity contribution is -0.115. The first-order valence-corrected chi connectivity index (χ1v) is 13.1. The van der Waals surface area contributed by atoms with Crippen LogP contribution in [0.3, 0.4) is 0 Å². The second kappa shape index (κ2) is 14.3. The first-order chi connectivity index (χ1) is 17.2. The van der Waals surface area contributed by atoms with Crippen LogP contribution in [0, 0.1) is 0 Å². The molecule has 5 N–H and O–H groups in total. The molecule has 0 bridgehead atoms. The van der Waals surface area contributed by atoms with Gasteiger partial charge in [-0.15, -0.1) is 30.4 Å². The van der Waals surface area contributed by atoms with Crippen LogP contribution < -0.4 is 11.1 Å². The van der Waals surface area contributed by atoms with Gasteiger partial charge in [0.1, 0.15) is 11.4 Å². The number of hydrogen-bond acceptors (Lipinski definition) is 13. The summed E-state index contributed by atoms with van der Waals surface area (Å²) in [5.41, 5.74) is 7.62. The summed E-state index contributed by atoms with van der Waals surface area (Å²) in [4.78, 5) is 11.7. The number of fused-ring (bicyclic) bond motifs is 1. The molecule has 0 spiro atoms. The van der Waals surface area contributed by atoms with E-state index in [1.165, 1.54) is 0 Å². The van der Waals surface area contributed by atoms with Crippen LogP contribution in [0.2, 0.25) is 0 Å². The molecule has 0 aromatic heterocycles. The van der Waals surface area contributed by atoms with E-state index in [4.69, 9.17) is 35.5 Å². The number of phenols is 1. The largest absolute Gasteiger partial charge is 0.507 e. The standard InChI is InChI=1S/C19H18N4O5S.2O3S/c20-15-9-4-12-2-1-3-16(24)18(12)19(15)23-22-14-7-5-13(6-8-14)21-17(25)10-11-29(26,27)28;2*1-4(2)3/h1-9,24H,10-11,20H2,(H,21,25)(H,26,27,28);;. The van der Waals surface area contributed by atoms with Crippen molar-refractivity contribution in [3.05, 3.63) is 54.6 Å². The quantitative estimate of drug-likeness (QED) is 0.186. The molecule has 0 aliphatic rings. The maximum absolute atomic E-state index is 11.7. The summed E-state index contributed by atoms with van der Waals surface area (Å²) in [6.45, 7) is 0. The first-order valence-electron chi connectivity index (χ1n) is 9.50. The Morgan fingerprint density at radius 1 is 0.892 bits per heavy atom. The normalized spacial score (nSPS) is 10.5. The van der Waals surface area contributed by atoms with Gasteiger partial charge in [-0.3, -0.25) is 9.35 Å². The highest BCUT2D eigenvalue weighted by Crippen LogP contribution is 2.38. The van der Waals surface area contributed by atoms with Crippen LogP contribution in [0.1, 0.15) is 6.42 Å². The molecule has 0 atom stereocenters. The number of hydrogen-bond donors (Lipinski definition) is 4. The van der Waals surface area contributed by atoms with Gasteiger partial charge in [0, 0.05) is 12.1 Å². The van der Waals surface area contributed by atoms with Crippen molar-refractivity contribution in [1.82, 2.24) is 0 Å². The zero-order valence-electron chi connectivity index (χ0n) is 18.4. The van der Waals surface area contributed by atoms with Gasteiger partial charge in [0.15, 0.2) is 0 Å². The third kappa shape index (κ3) is 12.3. The van der Waals surface area contributed by atoms with Crippen molar-refractivity contribution in [2.45, 2.75) is 6.42 Å². The second-order valence-corrected chi connectivity index (χ2v) is 9.01. The number of carbonyl (C=O) groups excluding carboxylic acids is 1. The molecule has 18 heteroatoms. The average Bonchev–Trinajstić information content (AvgIpc) is 2.77. The molecular weight excluding hydrogens is 556 g/mol. The maximum atomic E-state index is 11.7. The van der Waals surface area contributed by atoms with Crippen molar-refractivity contribution in [2.75, 3.05) is 16.8 Å². The second-order valence-electron chi connectivity index (χ2n) is 6.62. The van der Waals surface area contributed by atoms with E-state index in [-0.39, 0.29) is 12.2 Å². The maximum Gasteiger partial charge on any atom is 0.425 e. The SMILES string of the molecule is Nc1ccc2cccc(O)c2c1N=Nc1ccc(NC(=O)CCS(=O)(=O)O)cc1.O=S(=O)=O.O=S(=O)=O. The fourth-order valence-electron chi connectivity index (χ4n) is 2.63. The van der Waals surface area contributed by atoms with Gasteiger partial charge in [-0.25, -0.2) is 0 Å². The zero-order valence-corrected chi connectivity index (χ0v) is 20.8. The molecule has 1 amide bonds. The lowest BCUT2D eigenvalue weighted by atomic mass is 10.1. The van der Waals surface area contributed by atoms with Crippen LogP contribution in [0.25, 0.3) is 10.8 Å². The Kier molecular flexibility index (Phi) is 11.9. The number of carbonyl (C=O) groups is 1. The summed E-state index contributed by atoms with van der Waals surface area (Å²) in [7, 11) is -10.4. The Balaban J connectivity index is 0.000000751. The number of nitrogens with two attached hydrogens (primary N) is 1. The summed E-state index contributed by atoms with van der Waals surface area (Å²) in [5.74, 6) is -1.15. The van der Waals surface area contributed by atoms with Crippen LogP contribution in [0.5, 0.6) is 5.75 Å². The van der Waals surface area contributed by atoms with Gasteiger partial charge in [-0.05, 0) is 41.8 Å². The van der Waals surface area contributed by atoms with E-state index >= 15 is 0 Å². The predicted octanol–water partition coefficient (Wildman–Crippen LogP) is 1.75. The van der Waals surface area contributed by atoms with Crippen LogP contribution in [0.15, 0.2) is 64.8 Å². The Morgan fingerprint density at radius 3 is 2.00 bits per heavy atom. The Bertz CT molecular complexity index is 1580. The van der Waals surface area contributed by atoms with Crippen molar-refractivity contribution in [1.29, 1.82) is 0 Å². The molecule has 15 nitrogen and oxygen atoms in total. The first kappa shape index (κ1) is 30.8. The fourth-order valence-corrected chi connectivity index (χ4v) is 3.07. The molecule has 198 valence electrons. The van der Waals surface area contributed by atoms with Crippen LogP contribution >= 0.6 is 0 Å². The highest BCUT2D eigenvalue weighted by atomic mass is 32.2. The van der Waals surface area contributed by atoms with E-state index in [1.54, 1.807) is 48.5 Å². The molecule has 3 rings (SSSR count). The van der Waals surface area contributed by atoms with E-state index in [0.29, 0.717) is 28.1 Å². The molecule has 3 aromatic carbocycles. The van der Waals surface area contributed by atoms with Crippen molar-refractivity contribution in [2.24, 2.45) is 10.2 Å². The van der Waals surface area contributed by atoms with Crippen molar-refractivity contribution < 1.29 is 48.1 Å². The smallest absolute Gasteiger partial charge is 0.425 e. The van der Waals surface area contributed by atoms with E-state index < -0.39 is 43.0 Å². The molecule has 0 fully saturated rings. The van der Waals surface area contributed by atoms with Crippen LogP contribution in [0.4, 0.5) is 22.7 Å². The number of nitrogen functional groups attached to an aromatic ring is 1. The molecule has 0 radical (unpaired) electrons. The minimum Gasteiger partial charge on any atom is -0.507 e. The van der Waals surface area contributed by atoms with E-state index in [1.807, 2.05) is 6.07 Å². The molecule has 37 heavy (non-hydrogen) atoms. The number of rotatable bonds is 6. The Labute approximate surface area is 212 Å². The van der Waals surface area contributed by atoms with Gasteiger partial charge < -0.3 is 16.2 Å². The lowest BCUT2D eigenvalue weighted by Gasteiger charge is -2.07. The summed E-state index contributed by atoms with van der Waals surface area (Å²) in [6, 6.07) is 14.9. The lowest BCUT2D eigenvalue weighted by Crippen LogP contribution is -2.16. The number of anilines is 2. The van der Waals surface area contributed by atoms with Gasteiger partial charge in [-0.1, -0.05) is 18.2 Å². The van der Waals surface area contributed by atoms with Gasteiger partial charge in [0.25, 0.3) is 10.1 Å². The topological polar surface area (TPSA) is 257 Å². The molecule has 0 aliphatic carbocycles. The van der Waals surface area contributed by atoms with Crippen molar-refractivity contribution >= 4 is 70.8 Å². The van der Waals surface area contributed by atoms with Gasteiger partial charge in [-0.2, -0.15) is 13.5 Å². The number of nitrogens with zero attached hydrogens (tertiary/aromatic N) is 2. The third-order valence-corrected chi connectivity index (χ3v) is 4.75. The van der Waals surface area contributed by atoms with Gasteiger partial charge in [0.2, 0.25) is 5.91 Å². The van der Waals surface area contributed by atoms with Gasteiger partial charge in [0.05, 0.1) is 22.5 Å². The van der Waals surface area contributed by atoms with E-state index in [2.05, 4.69) is 15.5 Å².